The van der Waals surface area contributed by atoms with Crippen molar-refractivity contribution in [3.63, 3.8) is 0 Å². The predicted octanol–water partition coefficient (Wildman–Crippen LogP) is 2.83. The molecule has 1 aromatic carbocycles. The molecule has 0 aliphatic carbocycles. The Morgan fingerprint density at radius 2 is 2.03 bits per heavy atom. The van der Waals surface area contributed by atoms with E-state index in [0.29, 0.717) is 23.7 Å². The molecule has 2 aromatic rings. The van der Waals surface area contributed by atoms with Gasteiger partial charge in [0.25, 0.3) is 5.91 Å². The van der Waals surface area contributed by atoms with Gasteiger partial charge in [-0.3, -0.25) is 9.48 Å². The molecule has 0 bridgehead atoms. The molecule has 154 valence electrons. The van der Waals surface area contributed by atoms with E-state index in [2.05, 4.69) is 10.4 Å². The van der Waals surface area contributed by atoms with Gasteiger partial charge in [-0.15, -0.1) is 0 Å². The van der Waals surface area contributed by atoms with Gasteiger partial charge < -0.3 is 15.1 Å². The number of fused-ring (bicyclic) bond motifs is 3. The summed E-state index contributed by atoms with van der Waals surface area (Å²) in [6.07, 6.45) is -0.874. The van der Waals surface area contributed by atoms with Gasteiger partial charge in [-0.2, -0.15) is 5.10 Å². The zero-order chi connectivity index (χ0) is 20.9. The number of amides is 3. The quantitative estimate of drug-likeness (QED) is 0.711. The highest BCUT2D eigenvalue weighted by Crippen LogP contribution is 2.27. The van der Waals surface area contributed by atoms with Crippen molar-refractivity contribution < 1.29 is 22.8 Å². The number of alkyl halides is 1. The molecule has 0 saturated carbocycles. The number of halogens is 4. The van der Waals surface area contributed by atoms with Gasteiger partial charge in [-0.1, -0.05) is 11.6 Å². The average Bonchev–Trinajstić information content (AvgIpc) is 2.96. The third-order valence-electron chi connectivity index (χ3n) is 5.03. The first-order valence-corrected chi connectivity index (χ1v) is 9.31. The van der Waals surface area contributed by atoms with E-state index in [9.17, 15) is 22.8 Å². The van der Waals surface area contributed by atoms with Gasteiger partial charge in [0.2, 0.25) is 0 Å². The Hall–Kier alpha value is -2.75. The molecule has 1 N–H and O–H groups in total. The molecular formula is C18H17ClF3N5O2. The van der Waals surface area contributed by atoms with Gasteiger partial charge in [0.05, 0.1) is 36.0 Å². The molecule has 3 heterocycles. The summed E-state index contributed by atoms with van der Waals surface area (Å²) in [7, 11) is 1.51. The van der Waals surface area contributed by atoms with Crippen molar-refractivity contribution in [3.05, 3.63) is 45.7 Å². The summed E-state index contributed by atoms with van der Waals surface area (Å²) >= 11 is 5.65. The molecule has 0 saturated heterocycles. The van der Waals surface area contributed by atoms with Gasteiger partial charge in [-0.05, 0) is 6.07 Å². The molecule has 0 fully saturated rings. The van der Waals surface area contributed by atoms with Crippen LogP contribution in [0.4, 0.5) is 23.7 Å². The zero-order valence-corrected chi connectivity index (χ0v) is 16.1. The maximum absolute atomic E-state index is 14.1. The van der Waals surface area contributed by atoms with Crippen LogP contribution in [-0.4, -0.2) is 57.8 Å². The monoisotopic (exact) mass is 427 g/mol. The highest BCUT2D eigenvalue weighted by atomic mass is 35.5. The van der Waals surface area contributed by atoms with Gasteiger partial charge >= 0.3 is 6.03 Å². The second-order valence-corrected chi connectivity index (χ2v) is 7.49. The molecule has 4 rings (SSSR count). The van der Waals surface area contributed by atoms with Crippen LogP contribution in [-0.2, 0) is 19.5 Å². The predicted molar refractivity (Wildman–Crippen MR) is 98.6 cm³/mol. The van der Waals surface area contributed by atoms with E-state index in [1.54, 1.807) is 0 Å². The average molecular weight is 428 g/mol. The highest BCUT2D eigenvalue weighted by molar-refractivity contribution is 6.31. The lowest BCUT2D eigenvalue weighted by Crippen LogP contribution is -2.40. The number of benzene rings is 1. The SMILES string of the molecule is CN1CC(F)Cn2nc3c(c2C1=O)CN(C(=O)Nc1cc(Cl)c(F)cc1F)CC3. The Kier molecular flexibility index (Phi) is 4.89. The summed E-state index contributed by atoms with van der Waals surface area (Å²) in [5, 5.41) is 6.40. The molecule has 2 aliphatic heterocycles. The van der Waals surface area contributed by atoms with Crippen molar-refractivity contribution in [1.82, 2.24) is 19.6 Å². The normalized spacial score (nSPS) is 18.9. The Bertz CT molecular complexity index is 1010. The van der Waals surface area contributed by atoms with Crippen molar-refractivity contribution in [2.45, 2.75) is 25.7 Å². The number of hydrogen-bond acceptors (Lipinski definition) is 3. The van der Waals surface area contributed by atoms with E-state index < -0.39 is 23.8 Å². The Balaban J connectivity index is 1.58. The van der Waals surface area contributed by atoms with E-state index in [1.807, 2.05) is 0 Å². The number of aromatic nitrogens is 2. The topological polar surface area (TPSA) is 70.5 Å². The third-order valence-corrected chi connectivity index (χ3v) is 5.32. The van der Waals surface area contributed by atoms with E-state index in [4.69, 9.17) is 11.6 Å². The second-order valence-electron chi connectivity index (χ2n) is 7.09. The van der Waals surface area contributed by atoms with Crippen molar-refractivity contribution in [1.29, 1.82) is 0 Å². The Morgan fingerprint density at radius 1 is 1.28 bits per heavy atom. The number of urea groups is 1. The fourth-order valence-electron chi connectivity index (χ4n) is 3.59. The molecular weight excluding hydrogens is 411 g/mol. The number of carbonyl (C=O) groups excluding carboxylic acids is 2. The van der Waals surface area contributed by atoms with Crippen LogP contribution in [0.25, 0.3) is 0 Å². The van der Waals surface area contributed by atoms with Gasteiger partial charge in [0.15, 0.2) is 0 Å². The lowest BCUT2D eigenvalue weighted by atomic mass is 10.0. The molecule has 1 atom stereocenters. The zero-order valence-electron chi connectivity index (χ0n) is 15.4. The van der Waals surface area contributed by atoms with Crippen LogP contribution in [0.5, 0.6) is 0 Å². The summed E-state index contributed by atoms with van der Waals surface area (Å²) in [6.45, 7) is 0.258. The lowest BCUT2D eigenvalue weighted by Gasteiger charge is -2.27. The number of nitrogens with one attached hydrogen (secondary N) is 1. The standard InChI is InChI=1S/C18H17ClF3N5O2/c1-25-6-9(20)7-27-16(17(25)28)10-8-26(3-2-14(10)24-27)18(29)23-15-4-11(19)12(21)5-13(15)22/h4-5,9H,2-3,6-8H2,1H3,(H,23,29). The van der Waals surface area contributed by atoms with Gasteiger partial charge in [-0.25, -0.2) is 18.0 Å². The Morgan fingerprint density at radius 3 is 2.79 bits per heavy atom. The Labute approximate surface area is 169 Å². The first-order valence-electron chi connectivity index (χ1n) is 8.93. The first-order chi connectivity index (χ1) is 13.7. The van der Waals surface area contributed by atoms with Crippen LogP contribution in [0.15, 0.2) is 12.1 Å². The highest BCUT2D eigenvalue weighted by Gasteiger charge is 2.34. The number of rotatable bonds is 1. The minimum absolute atomic E-state index is 0.0359. The number of carbonyl (C=O) groups is 2. The fourth-order valence-corrected chi connectivity index (χ4v) is 3.75. The number of anilines is 1. The largest absolute Gasteiger partial charge is 0.337 e. The molecule has 1 aromatic heterocycles. The molecule has 2 aliphatic rings. The van der Waals surface area contributed by atoms with Crippen LogP contribution in [0, 0.1) is 11.6 Å². The third kappa shape index (κ3) is 3.52. The molecule has 1 unspecified atom stereocenters. The molecule has 0 radical (unpaired) electrons. The number of hydrogen-bond donors (Lipinski definition) is 1. The first kappa shape index (κ1) is 19.6. The number of nitrogens with zero attached hydrogens (tertiary/aromatic N) is 4. The molecule has 7 nitrogen and oxygen atoms in total. The van der Waals surface area contributed by atoms with E-state index in [0.717, 1.165) is 6.07 Å². The van der Waals surface area contributed by atoms with Crippen LogP contribution in [0.3, 0.4) is 0 Å². The van der Waals surface area contributed by atoms with E-state index in [1.165, 1.54) is 21.5 Å². The van der Waals surface area contributed by atoms with Crippen LogP contribution < -0.4 is 5.32 Å². The van der Waals surface area contributed by atoms with Crippen molar-refractivity contribution in [2.24, 2.45) is 0 Å². The minimum atomic E-state index is -1.24. The van der Waals surface area contributed by atoms with E-state index >= 15 is 0 Å². The summed E-state index contributed by atoms with van der Waals surface area (Å²) < 4.78 is 42.6. The van der Waals surface area contributed by atoms with Crippen LogP contribution in [0.2, 0.25) is 5.02 Å². The maximum Gasteiger partial charge on any atom is 0.322 e. The molecule has 11 heteroatoms. The fraction of sp³-hybridized carbons (Fsp3) is 0.389. The summed E-state index contributed by atoms with van der Waals surface area (Å²) in [5.74, 6) is -2.25. The van der Waals surface area contributed by atoms with Crippen molar-refractivity contribution >= 4 is 29.2 Å². The summed E-state index contributed by atoms with van der Waals surface area (Å²) in [5.41, 5.74) is 1.19. The smallest absolute Gasteiger partial charge is 0.322 e. The van der Waals surface area contributed by atoms with Crippen LogP contribution in [0.1, 0.15) is 21.7 Å². The van der Waals surface area contributed by atoms with Gasteiger partial charge in [0, 0.05) is 31.6 Å². The molecule has 0 spiro atoms. The molecule has 29 heavy (non-hydrogen) atoms. The lowest BCUT2D eigenvalue weighted by molar-refractivity contribution is 0.0767. The minimum Gasteiger partial charge on any atom is -0.337 e. The summed E-state index contributed by atoms with van der Waals surface area (Å²) in [4.78, 5) is 28.0. The second kappa shape index (κ2) is 7.25. The van der Waals surface area contributed by atoms with Crippen molar-refractivity contribution in [2.75, 3.05) is 25.5 Å². The van der Waals surface area contributed by atoms with E-state index in [-0.39, 0.29) is 48.5 Å². The van der Waals surface area contributed by atoms with Crippen LogP contribution >= 0.6 is 11.6 Å². The van der Waals surface area contributed by atoms with Crippen molar-refractivity contribution in [3.8, 4) is 0 Å². The molecule has 3 amide bonds. The summed E-state index contributed by atoms with van der Waals surface area (Å²) in [6, 6.07) is 0.951. The maximum atomic E-state index is 14.1. The van der Waals surface area contributed by atoms with Gasteiger partial charge in [0.1, 0.15) is 23.5 Å².